The Labute approximate surface area is 120 Å². The molecule has 0 bridgehead atoms. The molecule has 5 nitrogen and oxygen atoms in total. The summed E-state index contributed by atoms with van der Waals surface area (Å²) in [6.45, 7) is 0. The lowest BCUT2D eigenvalue weighted by Crippen LogP contribution is -1.90. The van der Waals surface area contributed by atoms with Gasteiger partial charge in [-0.2, -0.15) is 0 Å². The number of ether oxygens (including phenoxy) is 1. The van der Waals surface area contributed by atoms with Gasteiger partial charge in [0.25, 0.3) is 0 Å². The molecule has 2 heterocycles. The summed E-state index contributed by atoms with van der Waals surface area (Å²) < 4.78 is 6.96. The van der Waals surface area contributed by atoms with E-state index in [0.29, 0.717) is 0 Å². The van der Waals surface area contributed by atoms with Gasteiger partial charge in [-0.15, -0.1) is 0 Å². The lowest BCUT2D eigenvalue weighted by atomic mass is 10.2. The van der Waals surface area contributed by atoms with E-state index < -0.39 is 0 Å². The van der Waals surface area contributed by atoms with E-state index in [1.54, 1.807) is 18.0 Å². The van der Waals surface area contributed by atoms with Crippen LogP contribution < -0.4 is 4.74 Å². The van der Waals surface area contributed by atoms with Crippen molar-refractivity contribution in [3.05, 3.63) is 48.9 Å². The maximum atomic E-state index is 10.5. The molecule has 0 fully saturated rings. The van der Waals surface area contributed by atoms with Crippen molar-refractivity contribution in [2.24, 2.45) is 0 Å². The van der Waals surface area contributed by atoms with Crippen LogP contribution in [-0.2, 0) is 0 Å². The first-order valence-electron chi connectivity index (χ1n) is 6.58. The Hall–Kier alpha value is -2.95. The van der Waals surface area contributed by atoms with Gasteiger partial charge >= 0.3 is 0 Å². The SMILES string of the molecule is COc1ccc2cn(-c3ccc4nc[nH]c4c3)c(O)c2c1. The zero-order valence-corrected chi connectivity index (χ0v) is 11.4. The van der Waals surface area contributed by atoms with E-state index in [4.69, 9.17) is 4.74 Å². The van der Waals surface area contributed by atoms with Crippen molar-refractivity contribution in [1.29, 1.82) is 0 Å². The van der Waals surface area contributed by atoms with Gasteiger partial charge in [-0.3, -0.25) is 4.57 Å². The standard InChI is InChI=1S/C16H13N3O2/c1-21-12-4-2-10-8-19(16(20)13(10)7-12)11-3-5-14-15(6-11)18-9-17-14/h2-9,20H,1H3,(H,17,18). The van der Waals surface area contributed by atoms with Gasteiger partial charge in [0.1, 0.15) is 5.75 Å². The van der Waals surface area contributed by atoms with Crippen LogP contribution in [0.1, 0.15) is 0 Å². The molecule has 2 aromatic carbocycles. The zero-order chi connectivity index (χ0) is 14.4. The fraction of sp³-hybridized carbons (Fsp3) is 0.0625. The minimum absolute atomic E-state index is 0.197. The zero-order valence-electron chi connectivity index (χ0n) is 11.4. The number of aromatic amines is 1. The van der Waals surface area contributed by atoms with Gasteiger partial charge in [0.15, 0.2) is 0 Å². The van der Waals surface area contributed by atoms with Crippen molar-refractivity contribution >= 4 is 21.8 Å². The number of aromatic nitrogens is 3. The van der Waals surface area contributed by atoms with Crippen LogP contribution in [0.4, 0.5) is 0 Å². The third kappa shape index (κ3) is 1.74. The predicted octanol–water partition coefficient (Wildman–Crippen LogP) is 3.22. The number of methoxy groups -OCH3 is 1. The Bertz CT molecular complexity index is 953. The molecule has 0 spiro atoms. The largest absolute Gasteiger partial charge is 0.497 e. The number of H-pyrrole nitrogens is 1. The third-order valence-electron chi connectivity index (χ3n) is 3.68. The first kappa shape index (κ1) is 11.8. The molecule has 4 rings (SSSR count). The highest BCUT2D eigenvalue weighted by Gasteiger charge is 2.11. The second kappa shape index (κ2) is 4.28. The Morgan fingerprint density at radius 2 is 2.10 bits per heavy atom. The van der Waals surface area contributed by atoms with Crippen molar-refractivity contribution in [3.8, 4) is 17.3 Å². The first-order chi connectivity index (χ1) is 10.3. The quantitative estimate of drug-likeness (QED) is 0.592. The van der Waals surface area contributed by atoms with Gasteiger partial charge in [0.05, 0.1) is 30.2 Å². The summed E-state index contributed by atoms with van der Waals surface area (Å²) in [5.41, 5.74) is 2.71. The monoisotopic (exact) mass is 279 g/mol. The van der Waals surface area contributed by atoms with Gasteiger partial charge < -0.3 is 14.8 Å². The Morgan fingerprint density at radius 3 is 2.95 bits per heavy atom. The van der Waals surface area contributed by atoms with Gasteiger partial charge in [0.2, 0.25) is 5.88 Å². The first-order valence-corrected chi connectivity index (χ1v) is 6.58. The van der Waals surface area contributed by atoms with Crippen LogP contribution in [0.3, 0.4) is 0 Å². The molecular formula is C16H13N3O2. The topological polar surface area (TPSA) is 63.1 Å². The molecule has 21 heavy (non-hydrogen) atoms. The smallest absolute Gasteiger partial charge is 0.203 e. The van der Waals surface area contributed by atoms with Crippen molar-refractivity contribution in [2.75, 3.05) is 7.11 Å². The fourth-order valence-electron chi connectivity index (χ4n) is 2.57. The fourth-order valence-corrected chi connectivity index (χ4v) is 2.57. The molecule has 0 unspecified atom stereocenters. The molecule has 4 aromatic rings. The number of nitrogens with one attached hydrogen (secondary N) is 1. The minimum Gasteiger partial charge on any atom is -0.497 e. The summed E-state index contributed by atoms with van der Waals surface area (Å²) in [6.07, 6.45) is 3.56. The lowest BCUT2D eigenvalue weighted by molar-refractivity contribution is 0.414. The highest BCUT2D eigenvalue weighted by Crippen LogP contribution is 2.33. The molecule has 0 radical (unpaired) electrons. The average Bonchev–Trinajstić information content (AvgIpc) is 3.11. The van der Waals surface area contributed by atoms with E-state index in [2.05, 4.69) is 9.97 Å². The van der Waals surface area contributed by atoms with E-state index in [0.717, 1.165) is 33.2 Å². The molecule has 104 valence electrons. The van der Waals surface area contributed by atoms with Crippen LogP contribution in [0.5, 0.6) is 11.6 Å². The van der Waals surface area contributed by atoms with Crippen LogP contribution >= 0.6 is 0 Å². The summed E-state index contributed by atoms with van der Waals surface area (Å²) in [4.78, 5) is 7.27. The van der Waals surface area contributed by atoms with Crippen molar-refractivity contribution in [2.45, 2.75) is 0 Å². The van der Waals surface area contributed by atoms with E-state index in [1.807, 2.05) is 42.6 Å². The van der Waals surface area contributed by atoms with Crippen molar-refractivity contribution < 1.29 is 9.84 Å². The van der Waals surface area contributed by atoms with E-state index in [1.165, 1.54) is 0 Å². The van der Waals surface area contributed by atoms with Gasteiger partial charge in [0, 0.05) is 17.0 Å². The summed E-state index contributed by atoms with van der Waals surface area (Å²) in [5.74, 6) is 0.919. The second-order valence-electron chi connectivity index (χ2n) is 4.88. The highest BCUT2D eigenvalue weighted by molar-refractivity contribution is 5.90. The summed E-state index contributed by atoms with van der Waals surface area (Å²) in [7, 11) is 1.61. The Kier molecular flexibility index (Phi) is 2.41. The molecule has 0 aliphatic carbocycles. The van der Waals surface area contributed by atoms with E-state index in [9.17, 15) is 5.11 Å². The summed E-state index contributed by atoms with van der Waals surface area (Å²) >= 11 is 0. The molecular weight excluding hydrogens is 266 g/mol. The van der Waals surface area contributed by atoms with E-state index >= 15 is 0 Å². The van der Waals surface area contributed by atoms with Crippen molar-refractivity contribution in [3.63, 3.8) is 0 Å². The van der Waals surface area contributed by atoms with Crippen LogP contribution in [0, 0.1) is 0 Å². The normalized spacial score (nSPS) is 11.3. The number of benzene rings is 2. The van der Waals surface area contributed by atoms with Gasteiger partial charge in [-0.25, -0.2) is 4.98 Å². The number of imidazole rings is 1. The number of hydrogen-bond donors (Lipinski definition) is 2. The van der Waals surface area contributed by atoms with Crippen LogP contribution in [0.2, 0.25) is 0 Å². The number of rotatable bonds is 2. The van der Waals surface area contributed by atoms with Crippen LogP contribution in [0.15, 0.2) is 48.9 Å². The molecule has 0 aliphatic heterocycles. The molecule has 5 heteroatoms. The average molecular weight is 279 g/mol. The van der Waals surface area contributed by atoms with Gasteiger partial charge in [-0.1, -0.05) is 0 Å². The van der Waals surface area contributed by atoms with Crippen molar-refractivity contribution in [1.82, 2.24) is 14.5 Å². The number of fused-ring (bicyclic) bond motifs is 2. The van der Waals surface area contributed by atoms with Gasteiger partial charge in [-0.05, 0) is 36.4 Å². The third-order valence-corrected chi connectivity index (χ3v) is 3.68. The number of aromatic hydroxyl groups is 1. The number of nitrogens with zero attached hydrogens (tertiary/aromatic N) is 2. The molecule has 0 saturated heterocycles. The predicted molar refractivity (Wildman–Crippen MR) is 81.1 cm³/mol. The molecule has 0 amide bonds. The maximum Gasteiger partial charge on any atom is 0.203 e. The summed E-state index contributed by atoms with van der Waals surface area (Å²) in [5, 5.41) is 12.2. The molecule has 2 aromatic heterocycles. The molecule has 0 aliphatic rings. The minimum atomic E-state index is 0.197. The Morgan fingerprint density at radius 1 is 1.19 bits per heavy atom. The molecule has 0 saturated carbocycles. The Balaban J connectivity index is 1.94. The molecule has 2 N–H and O–H groups in total. The van der Waals surface area contributed by atoms with Crippen LogP contribution in [0.25, 0.3) is 27.5 Å². The molecule has 0 atom stereocenters. The second-order valence-corrected chi connectivity index (χ2v) is 4.88. The van der Waals surface area contributed by atoms with E-state index in [-0.39, 0.29) is 5.88 Å². The lowest BCUT2D eigenvalue weighted by Gasteiger charge is -2.04. The number of hydrogen-bond acceptors (Lipinski definition) is 3. The maximum absolute atomic E-state index is 10.5. The van der Waals surface area contributed by atoms with Crippen LogP contribution in [-0.4, -0.2) is 26.8 Å². The summed E-state index contributed by atoms with van der Waals surface area (Å²) in [6, 6.07) is 11.4. The highest BCUT2D eigenvalue weighted by atomic mass is 16.5.